The Bertz CT molecular complexity index is 665. The summed E-state index contributed by atoms with van der Waals surface area (Å²) in [6.45, 7) is 0. The van der Waals surface area contributed by atoms with Crippen LogP contribution in [-0.2, 0) is 4.79 Å². The van der Waals surface area contributed by atoms with E-state index in [-0.39, 0.29) is 15.6 Å². The van der Waals surface area contributed by atoms with Gasteiger partial charge in [-0.1, -0.05) is 0 Å². The third kappa shape index (κ3) is 2.00. The number of methoxy groups -OCH3 is 1. The van der Waals surface area contributed by atoms with E-state index in [1.165, 1.54) is 13.2 Å². The van der Waals surface area contributed by atoms with E-state index in [0.717, 1.165) is 0 Å². The molecule has 6 nitrogen and oxygen atoms in total. The van der Waals surface area contributed by atoms with Gasteiger partial charge in [-0.05, 0) is 44.0 Å². The van der Waals surface area contributed by atoms with Crippen LogP contribution in [0.2, 0.25) is 0 Å². The summed E-state index contributed by atoms with van der Waals surface area (Å²) >= 11 is 6.17. The molecule has 0 atom stereocenters. The van der Waals surface area contributed by atoms with Gasteiger partial charge in [-0.3, -0.25) is 19.7 Å². The van der Waals surface area contributed by atoms with Crippen LogP contribution in [-0.4, -0.2) is 23.6 Å². The molecule has 1 aliphatic carbocycles. The lowest BCUT2D eigenvalue weighted by Gasteiger charge is -2.16. The summed E-state index contributed by atoms with van der Waals surface area (Å²) < 4.78 is 5.31. The van der Waals surface area contributed by atoms with Gasteiger partial charge in [-0.15, -0.1) is 0 Å². The molecule has 0 unspecified atom stereocenters. The Morgan fingerprint density at radius 2 is 1.84 bits per heavy atom. The number of hydrogen-bond donors (Lipinski definition) is 0. The number of rotatable bonds is 2. The van der Waals surface area contributed by atoms with Crippen molar-refractivity contribution < 1.29 is 19.2 Å². The molecule has 0 bridgehead atoms. The molecule has 0 heterocycles. The number of carbonyl (C=O) groups excluding carboxylic acids is 2. The van der Waals surface area contributed by atoms with Crippen LogP contribution in [0.1, 0.15) is 15.9 Å². The van der Waals surface area contributed by atoms with Gasteiger partial charge in [0, 0.05) is 5.56 Å². The maximum Gasteiger partial charge on any atom is 0.335 e. The van der Waals surface area contributed by atoms with Crippen LogP contribution in [0.15, 0.2) is 22.3 Å². The molecule has 0 spiro atoms. The molecule has 1 aliphatic rings. The fourth-order valence-corrected chi connectivity index (χ4v) is 3.07. The van der Waals surface area contributed by atoms with E-state index < -0.39 is 22.2 Å². The largest absolute Gasteiger partial charge is 0.496 e. The zero-order chi connectivity index (χ0) is 14.3. The highest BCUT2D eigenvalue weighted by atomic mass is 79.9. The molecule has 0 aromatic heterocycles. The number of allylic oxidation sites excluding steroid dienone is 1. The second kappa shape index (κ2) is 4.86. The van der Waals surface area contributed by atoms with Crippen molar-refractivity contribution in [2.24, 2.45) is 0 Å². The van der Waals surface area contributed by atoms with E-state index >= 15 is 0 Å². The summed E-state index contributed by atoms with van der Waals surface area (Å²) in [5.41, 5.74) is -0.416. The van der Waals surface area contributed by atoms with Crippen molar-refractivity contribution in [2.75, 3.05) is 7.11 Å². The molecule has 0 fully saturated rings. The summed E-state index contributed by atoms with van der Waals surface area (Å²) in [5.74, 6) is -1.72. The van der Waals surface area contributed by atoms with E-state index in [1.807, 2.05) is 0 Å². The fraction of sp³-hybridized carbons (Fsp3) is 0.0909. The first kappa shape index (κ1) is 13.9. The summed E-state index contributed by atoms with van der Waals surface area (Å²) in [4.78, 5) is 33.7. The van der Waals surface area contributed by atoms with Crippen LogP contribution in [0.25, 0.3) is 4.48 Å². The summed E-state index contributed by atoms with van der Waals surface area (Å²) in [7, 11) is 1.41. The maximum atomic E-state index is 12.0. The number of benzene rings is 1. The van der Waals surface area contributed by atoms with Gasteiger partial charge < -0.3 is 4.74 Å². The molecule has 0 amide bonds. The van der Waals surface area contributed by atoms with E-state index in [2.05, 4.69) is 31.9 Å². The Morgan fingerprint density at radius 3 is 2.37 bits per heavy atom. The highest BCUT2D eigenvalue weighted by Gasteiger charge is 2.41. The standard InChI is InChI=1S/C11H5Br2NO5/c1-19-5-3-2-4-6(8(5)13)10(15)11(16)9(7(4)12)14(17)18/h2-3H,1H3. The molecular weight excluding hydrogens is 386 g/mol. The van der Waals surface area contributed by atoms with Crippen LogP contribution < -0.4 is 4.74 Å². The number of hydrogen-bond acceptors (Lipinski definition) is 5. The van der Waals surface area contributed by atoms with Crippen LogP contribution in [0.3, 0.4) is 0 Å². The van der Waals surface area contributed by atoms with Gasteiger partial charge in [0.25, 0.3) is 0 Å². The van der Waals surface area contributed by atoms with Crippen molar-refractivity contribution >= 4 is 47.9 Å². The number of carbonyl (C=O) groups is 2. The van der Waals surface area contributed by atoms with Crippen LogP contribution in [0.5, 0.6) is 5.75 Å². The molecule has 0 N–H and O–H groups in total. The molecule has 2 rings (SSSR count). The monoisotopic (exact) mass is 389 g/mol. The Kier molecular flexibility index (Phi) is 3.55. The Hall–Kier alpha value is -1.54. The molecule has 8 heteroatoms. The number of nitrogens with zero attached hydrogens (tertiary/aromatic N) is 1. The van der Waals surface area contributed by atoms with E-state index in [9.17, 15) is 19.7 Å². The number of halogens is 2. The zero-order valence-electron chi connectivity index (χ0n) is 9.40. The minimum Gasteiger partial charge on any atom is -0.496 e. The Labute approximate surface area is 123 Å². The second-order valence-electron chi connectivity index (χ2n) is 3.58. The lowest BCUT2D eigenvalue weighted by Crippen LogP contribution is -2.27. The smallest absolute Gasteiger partial charge is 0.335 e. The predicted molar refractivity (Wildman–Crippen MR) is 72.9 cm³/mol. The van der Waals surface area contributed by atoms with Gasteiger partial charge in [0.15, 0.2) is 0 Å². The van der Waals surface area contributed by atoms with Gasteiger partial charge in [-0.2, -0.15) is 0 Å². The van der Waals surface area contributed by atoms with Crippen molar-refractivity contribution in [3.05, 3.63) is 43.5 Å². The zero-order valence-corrected chi connectivity index (χ0v) is 12.6. The molecule has 0 aliphatic heterocycles. The number of nitro groups is 1. The van der Waals surface area contributed by atoms with Gasteiger partial charge in [0.05, 0.1) is 22.1 Å². The van der Waals surface area contributed by atoms with E-state index in [1.54, 1.807) is 6.07 Å². The van der Waals surface area contributed by atoms with Gasteiger partial charge in [-0.25, -0.2) is 0 Å². The van der Waals surface area contributed by atoms with Crippen molar-refractivity contribution in [1.29, 1.82) is 0 Å². The van der Waals surface area contributed by atoms with Gasteiger partial charge in [0.2, 0.25) is 5.78 Å². The Balaban J connectivity index is 2.83. The second-order valence-corrected chi connectivity index (χ2v) is 5.17. The quantitative estimate of drug-likeness (QED) is 0.440. The van der Waals surface area contributed by atoms with Gasteiger partial charge in [0.1, 0.15) is 10.2 Å². The molecular formula is C11H5Br2NO5. The Morgan fingerprint density at radius 1 is 1.21 bits per heavy atom. The lowest BCUT2D eigenvalue weighted by molar-refractivity contribution is -0.416. The molecule has 98 valence electrons. The lowest BCUT2D eigenvalue weighted by atomic mass is 9.93. The van der Waals surface area contributed by atoms with Crippen LogP contribution >= 0.6 is 31.9 Å². The highest BCUT2D eigenvalue weighted by molar-refractivity contribution is 9.15. The summed E-state index contributed by atoms with van der Waals surface area (Å²) in [6.07, 6.45) is 0. The normalized spacial score (nSPS) is 14.5. The van der Waals surface area contributed by atoms with Crippen molar-refractivity contribution in [3.63, 3.8) is 0 Å². The predicted octanol–water partition coefficient (Wildman–Crippen LogP) is 2.56. The highest BCUT2D eigenvalue weighted by Crippen LogP contribution is 2.40. The maximum absolute atomic E-state index is 12.0. The van der Waals surface area contributed by atoms with Gasteiger partial charge >= 0.3 is 11.5 Å². The average molecular weight is 391 g/mol. The van der Waals surface area contributed by atoms with Crippen molar-refractivity contribution in [3.8, 4) is 5.75 Å². The first-order chi connectivity index (χ1) is 8.90. The number of ketones is 2. The third-order valence-electron chi connectivity index (χ3n) is 2.60. The average Bonchev–Trinajstić information content (AvgIpc) is 2.35. The SMILES string of the molecule is COc1ccc2c(c1Br)C(=O)C(=O)C([N+](=O)[O-])=C2Br. The topological polar surface area (TPSA) is 86.5 Å². The molecule has 0 saturated carbocycles. The van der Waals surface area contributed by atoms with E-state index in [0.29, 0.717) is 10.2 Å². The van der Waals surface area contributed by atoms with Crippen molar-refractivity contribution in [2.45, 2.75) is 0 Å². The first-order valence-corrected chi connectivity index (χ1v) is 6.48. The van der Waals surface area contributed by atoms with Crippen molar-refractivity contribution in [1.82, 2.24) is 0 Å². The number of ether oxygens (including phenoxy) is 1. The minimum atomic E-state index is -1.15. The molecule has 1 aromatic rings. The molecule has 0 radical (unpaired) electrons. The molecule has 19 heavy (non-hydrogen) atoms. The summed E-state index contributed by atoms with van der Waals surface area (Å²) in [5, 5.41) is 10.8. The summed E-state index contributed by atoms with van der Waals surface area (Å²) in [6, 6.07) is 3.03. The fourth-order valence-electron chi connectivity index (χ4n) is 1.73. The van der Waals surface area contributed by atoms with Crippen LogP contribution in [0.4, 0.5) is 0 Å². The minimum absolute atomic E-state index is 0.0135. The van der Waals surface area contributed by atoms with Crippen LogP contribution in [0, 0.1) is 10.1 Å². The number of Topliss-reactive ketones (excluding diaryl/α,β-unsaturated/α-hetero) is 2. The van der Waals surface area contributed by atoms with E-state index in [4.69, 9.17) is 4.74 Å². The third-order valence-corrected chi connectivity index (χ3v) is 4.19. The molecule has 0 saturated heterocycles. The molecule has 1 aromatic carbocycles. The first-order valence-electron chi connectivity index (χ1n) is 4.90. The number of fused-ring (bicyclic) bond motifs is 1.